The van der Waals surface area contributed by atoms with E-state index in [1.165, 1.54) is 11.3 Å². The number of nitrogens with one attached hydrogen (secondary N) is 2. The molecular formula is C20H16ClN3O2S. The minimum absolute atomic E-state index is 0.164. The topological polar surface area (TPSA) is 67.0 Å². The van der Waals surface area contributed by atoms with E-state index in [1.54, 1.807) is 7.11 Å². The van der Waals surface area contributed by atoms with Gasteiger partial charge in [0.1, 0.15) is 16.4 Å². The predicted molar refractivity (Wildman–Crippen MR) is 111 cm³/mol. The van der Waals surface area contributed by atoms with Crippen molar-refractivity contribution in [3.63, 3.8) is 0 Å². The number of anilines is 1. The summed E-state index contributed by atoms with van der Waals surface area (Å²) in [6, 6.07) is 15.1. The molecule has 0 atom stereocenters. The van der Waals surface area contributed by atoms with Gasteiger partial charge in [-0.15, -0.1) is 11.3 Å². The fraction of sp³-hybridized carbons (Fsp3) is 0.100. The van der Waals surface area contributed by atoms with Crippen LogP contribution in [0.15, 0.2) is 58.7 Å². The molecular weight excluding hydrogens is 382 g/mol. The third kappa shape index (κ3) is 3.54. The van der Waals surface area contributed by atoms with Crippen LogP contribution in [0.2, 0.25) is 5.02 Å². The number of halogens is 1. The number of thiophene rings is 1. The van der Waals surface area contributed by atoms with Crippen molar-refractivity contribution in [1.29, 1.82) is 0 Å². The highest BCUT2D eigenvalue weighted by Gasteiger charge is 2.14. The van der Waals surface area contributed by atoms with Crippen molar-refractivity contribution in [2.45, 2.75) is 6.54 Å². The third-order valence-corrected chi connectivity index (χ3v) is 5.41. The van der Waals surface area contributed by atoms with Crippen molar-refractivity contribution >= 4 is 38.8 Å². The predicted octanol–water partition coefficient (Wildman–Crippen LogP) is 4.93. The largest absolute Gasteiger partial charge is 0.497 e. The maximum absolute atomic E-state index is 12.7. The van der Waals surface area contributed by atoms with Crippen molar-refractivity contribution in [3.8, 4) is 16.9 Å². The number of benzene rings is 2. The smallest absolute Gasteiger partial charge is 0.260 e. The minimum Gasteiger partial charge on any atom is -0.497 e. The summed E-state index contributed by atoms with van der Waals surface area (Å²) in [6.07, 6.45) is 0. The molecule has 2 aromatic heterocycles. The molecule has 4 aromatic rings. The zero-order valence-electron chi connectivity index (χ0n) is 14.5. The molecule has 0 saturated heterocycles. The Labute approximate surface area is 164 Å². The molecule has 0 spiro atoms. The molecule has 0 unspecified atom stereocenters. The quantitative estimate of drug-likeness (QED) is 0.501. The van der Waals surface area contributed by atoms with Gasteiger partial charge in [-0.2, -0.15) is 0 Å². The Morgan fingerprint density at radius 3 is 2.67 bits per heavy atom. The summed E-state index contributed by atoms with van der Waals surface area (Å²) in [5.41, 5.74) is 2.40. The Hall–Kier alpha value is -2.83. The number of aromatic nitrogens is 2. The Kier molecular flexibility index (Phi) is 4.83. The fourth-order valence-electron chi connectivity index (χ4n) is 2.85. The number of ether oxygens (including phenoxy) is 1. The van der Waals surface area contributed by atoms with Crippen LogP contribution in [0.25, 0.3) is 21.3 Å². The number of rotatable bonds is 5. The van der Waals surface area contributed by atoms with Gasteiger partial charge >= 0.3 is 0 Å². The molecule has 2 aromatic carbocycles. The molecule has 0 saturated carbocycles. The first-order valence-electron chi connectivity index (χ1n) is 8.29. The van der Waals surface area contributed by atoms with Crippen LogP contribution in [0.5, 0.6) is 5.75 Å². The van der Waals surface area contributed by atoms with E-state index in [0.717, 1.165) is 22.6 Å². The van der Waals surface area contributed by atoms with Gasteiger partial charge in [0.15, 0.2) is 0 Å². The van der Waals surface area contributed by atoms with Gasteiger partial charge in [0.05, 0.1) is 19.0 Å². The number of hydrogen-bond donors (Lipinski definition) is 2. The normalized spacial score (nSPS) is 10.9. The highest BCUT2D eigenvalue weighted by atomic mass is 35.5. The first kappa shape index (κ1) is 17.6. The molecule has 7 heteroatoms. The molecule has 0 aliphatic rings. The fourth-order valence-corrected chi connectivity index (χ4v) is 4.04. The summed E-state index contributed by atoms with van der Waals surface area (Å²) >= 11 is 7.73. The van der Waals surface area contributed by atoms with Gasteiger partial charge in [-0.3, -0.25) is 4.79 Å². The van der Waals surface area contributed by atoms with E-state index in [0.29, 0.717) is 27.6 Å². The minimum atomic E-state index is -0.164. The standard InChI is InChI=1S/C20H16ClN3O2S/c1-26-13-8-6-12(7-9-13)22-10-17-23-19(25)18-15(11-27-20(18)24-17)14-4-2-3-5-16(14)21/h2-9,11,22H,10H2,1H3,(H,23,24,25). The molecule has 2 heterocycles. The zero-order chi connectivity index (χ0) is 18.8. The van der Waals surface area contributed by atoms with Gasteiger partial charge in [0.2, 0.25) is 0 Å². The van der Waals surface area contributed by atoms with E-state index >= 15 is 0 Å². The maximum Gasteiger partial charge on any atom is 0.260 e. The van der Waals surface area contributed by atoms with Crippen molar-refractivity contribution in [2.75, 3.05) is 12.4 Å². The van der Waals surface area contributed by atoms with Crippen LogP contribution in [0.1, 0.15) is 5.82 Å². The van der Waals surface area contributed by atoms with Gasteiger partial charge in [-0.1, -0.05) is 29.8 Å². The summed E-state index contributed by atoms with van der Waals surface area (Å²) in [5.74, 6) is 1.37. The molecule has 5 nitrogen and oxygen atoms in total. The van der Waals surface area contributed by atoms with Crippen molar-refractivity contribution < 1.29 is 4.74 Å². The monoisotopic (exact) mass is 397 g/mol. The van der Waals surface area contributed by atoms with Crippen LogP contribution >= 0.6 is 22.9 Å². The molecule has 136 valence electrons. The van der Waals surface area contributed by atoms with Gasteiger partial charge in [-0.25, -0.2) is 4.98 Å². The summed E-state index contributed by atoms with van der Waals surface area (Å²) in [6.45, 7) is 0.414. The lowest BCUT2D eigenvalue weighted by molar-refractivity contribution is 0.415. The lowest BCUT2D eigenvalue weighted by Crippen LogP contribution is -2.14. The van der Waals surface area contributed by atoms with Gasteiger partial charge in [-0.05, 0) is 30.3 Å². The molecule has 0 amide bonds. The van der Waals surface area contributed by atoms with E-state index in [-0.39, 0.29) is 5.56 Å². The van der Waals surface area contributed by atoms with Crippen LogP contribution < -0.4 is 15.6 Å². The Balaban J connectivity index is 1.63. The highest BCUT2D eigenvalue weighted by molar-refractivity contribution is 7.17. The van der Waals surface area contributed by atoms with E-state index in [1.807, 2.05) is 53.9 Å². The summed E-state index contributed by atoms with van der Waals surface area (Å²) in [7, 11) is 1.63. The Bertz CT molecular complexity index is 1150. The van der Waals surface area contributed by atoms with Crippen molar-refractivity contribution in [3.05, 3.63) is 75.1 Å². The number of fused-ring (bicyclic) bond motifs is 1. The van der Waals surface area contributed by atoms with E-state index in [2.05, 4.69) is 15.3 Å². The summed E-state index contributed by atoms with van der Waals surface area (Å²) in [5, 5.41) is 6.36. The highest BCUT2D eigenvalue weighted by Crippen LogP contribution is 2.34. The lowest BCUT2D eigenvalue weighted by Gasteiger charge is -2.07. The summed E-state index contributed by atoms with van der Waals surface area (Å²) in [4.78, 5) is 20.8. The molecule has 27 heavy (non-hydrogen) atoms. The van der Waals surface area contributed by atoms with Crippen molar-refractivity contribution in [2.24, 2.45) is 0 Å². The molecule has 0 fully saturated rings. The first-order chi connectivity index (χ1) is 13.2. The number of nitrogens with zero attached hydrogens (tertiary/aromatic N) is 1. The second kappa shape index (κ2) is 7.42. The van der Waals surface area contributed by atoms with E-state index < -0.39 is 0 Å². The SMILES string of the molecule is COc1ccc(NCc2nc3scc(-c4ccccc4Cl)c3c(=O)[nH]2)cc1. The second-order valence-corrected chi connectivity index (χ2v) is 7.17. The van der Waals surface area contributed by atoms with Gasteiger partial charge < -0.3 is 15.0 Å². The van der Waals surface area contributed by atoms with E-state index in [4.69, 9.17) is 16.3 Å². The molecule has 2 N–H and O–H groups in total. The van der Waals surface area contributed by atoms with Crippen LogP contribution in [0.3, 0.4) is 0 Å². The number of H-pyrrole nitrogens is 1. The number of hydrogen-bond acceptors (Lipinski definition) is 5. The van der Waals surface area contributed by atoms with Gasteiger partial charge in [0.25, 0.3) is 5.56 Å². The summed E-state index contributed by atoms with van der Waals surface area (Å²) < 4.78 is 5.15. The second-order valence-electron chi connectivity index (χ2n) is 5.90. The third-order valence-electron chi connectivity index (χ3n) is 4.21. The van der Waals surface area contributed by atoms with Crippen LogP contribution in [-0.2, 0) is 6.54 Å². The Morgan fingerprint density at radius 1 is 1.15 bits per heavy atom. The number of methoxy groups -OCH3 is 1. The van der Waals surface area contributed by atoms with Crippen LogP contribution in [-0.4, -0.2) is 17.1 Å². The molecule has 0 bridgehead atoms. The molecule has 0 radical (unpaired) electrons. The lowest BCUT2D eigenvalue weighted by atomic mass is 10.1. The van der Waals surface area contributed by atoms with E-state index in [9.17, 15) is 4.79 Å². The molecule has 4 rings (SSSR count). The van der Waals surface area contributed by atoms with Crippen molar-refractivity contribution in [1.82, 2.24) is 9.97 Å². The maximum atomic E-state index is 12.7. The Morgan fingerprint density at radius 2 is 1.93 bits per heavy atom. The zero-order valence-corrected chi connectivity index (χ0v) is 16.0. The average Bonchev–Trinajstić information content (AvgIpc) is 3.11. The van der Waals surface area contributed by atoms with Gasteiger partial charge in [0, 0.05) is 27.2 Å². The average molecular weight is 398 g/mol. The number of aromatic amines is 1. The van der Waals surface area contributed by atoms with Crippen LogP contribution in [0, 0.1) is 0 Å². The molecule has 0 aliphatic heterocycles. The molecule has 0 aliphatic carbocycles. The first-order valence-corrected chi connectivity index (χ1v) is 9.54. The van der Waals surface area contributed by atoms with Crippen LogP contribution in [0.4, 0.5) is 5.69 Å².